The molecular weight excluding hydrogens is 414 g/mol. The number of hydrogen-bond acceptors (Lipinski definition) is 5. The van der Waals surface area contributed by atoms with Crippen molar-refractivity contribution in [2.75, 3.05) is 36.8 Å². The molecule has 7 rings (SSSR count). The molecule has 174 valence electrons. The van der Waals surface area contributed by atoms with E-state index in [1.54, 1.807) is 0 Å². The van der Waals surface area contributed by atoms with Crippen LogP contribution in [0.15, 0.2) is 35.3 Å². The third-order valence-corrected chi connectivity index (χ3v) is 8.91. The maximum absolute atomic E-state index is 14.1. The number of anilines is 2. The summed E-state index contributed by atoms with van der Waals surface area (Å²) in [6.45, 7) is 4.92. The van der Waals surface area contributed by atoms with Gasteiger partial charge in [-0.25, -0.2) is 4.79 Å². The van der Waals surface area contributed by atoms with Gasteiger partial charge in [0, 0.05) is 26.2 Å². The molecule has 2 atom stereocenters. The molecule has 4 bridgehead atoms. The monoisotopic (exact) mass is 447 g/mol. The molecule has 4 saturated carbocycles. The van der Waals surface area contributed by atoms with Crippen LogP contribution < -0.4 is 16.3 Å². The Labute approximate surface area is 194 Å². The number of carbonyl (C=O) groups is 1. The first-order valence-electron chi connectivity index (χ1n) is 12.3. The Kier molecular flexibility index (Phi) is 4.61. The highest BCUT2D eigenvalue weighted by atomic mass is 16.2. The lowest BCUT2D eigenvalue weighted by atomic mass is 9.42. The Morgan fingerprint density at radius 3 is 2.36 bits per heavy atom. The van der Waals surface area contributed by atoms with Crippen molar-refractivity contribution in [1.82, 2.24) is 14.9 Å². The molecule has 2 heterocycles. The summed E-state index contributed by atoms with van der Waals surface area (Å²) in [6.07, 6.45) is 8.46. The molecule has 2 unspecified atom stereocenters. The summed E-state index contributed by atoms with van der Waals surface area (Å²) >= 11 is 0. The van der Waals surface area contributed by atoms with Gasteiger partial charge >= 0.3 is 5.69 Å². The van der Waals surface area contributed by atoms with Crippen molar-refractivity contribution in [3.05, 3.63) is 52.1 Å². The number of nitrogen functional groups attached to an aromatic ring is 1. The standard InChI is InChI=1S/C26H33N5O2/c1-17-2-4-20(5-3-17)25-11-18-10-19(12-25)14-26(13-18,16-25)23(32)31-8-6-30(7-9-31)21-15-28-24(33)29-22(21)27/h2-5,15,18-19H,6-14,16H2,1H3,(H3,27,28,29,33). The Morgan fingerprint density at radius 2 is 1.73 bits per heavy atom. The van der Waals surface area contributed by atoms with Crippen LogP contribution in [-0.2, 0) is 10.2 Å². The fraction of sp³-hybridized carbons (Fsp3) is 0.577. The van der Waals surface area contributed by atoms with Crippen LogP contribution in [0, 0.1) is 24.2 Å². The summed E-state index contributed by atoms with van der Waals surface area (Å²) in [5.41, 5.74) is 9.04. The molecule has 1 aliphatic heterocycles. The number of amides is 1. The van der Waals surface area contributed by atoms with Gasteiger partial charge in [-0.2, -0.15) is 4.98 Å². The van der Waals surface area contributed by atoms with Gasteiger partial charge in [-0.1, -0.05) is 29.8 Å². The lowest BCUT2D eigenvalue weighted by Crippen LogP contribution is -2.61. The van der Waals surface area contributed by atoms with E-state index < -0.39 is 5.69 Å². The SMILES string of the molecule is Cc1ccc(C23CC4CC(CC(C(=O)N5CCN(c6cnc(=O)[nH]c6N)CC5)(C4)C2)C3)cc1. The van der Waals surface area contributed by atoms with Gasteiger partial charge in [-0.15, -0.1) is 0 Å². The molecule has 33 heavy (non-hydrogen) atoms. The zero-order valence-corrected chi connectivity index (χ0v) is 19.3. The molecule has 3 N–H and O–H groups in total. The van der Waals surface area contributed by atoms with E-state index in [9.17, 15) is 9.59 Å². The van der Waals surface area contributed by atoms with Crippen molar-refractivity contribution >= 4 is 17.4 Å². The molecule has 1 amide bonds. The summed E-state index contributed by atoms with van der Waals surface area (Å²) in [5.74, 6) is 2.06. The molecule has 0 radical (unpaired) electrons. The number of carbonyl (C=O) groups excluding carboxylic acids is 1. The number of rotatable bonds is 3. The molecule has 7 heteroatoms. The number of benzene rings is 1. The van der Waals surface area contributed by atoms with Crippen molar-refractivity contribution < 1.29 is 4.79 Å². The fourth-order valence-electron chi connectivity index (χ4n) is 7.90. The van der Waals surface area contributed by atoms with Crippen LogP contribution in [0.2, 0.25) is 0 Å². The van der Waals surface area contributed by atoms with Gasteiger partial charge in [0.05, 0.1) is 17.3 Å². The van der Waals surface area contributed by atoms with E-state index in [0.29, 0.717) is 49.7 Å². The summed E-state index contributed by atoms with van der Waals surface area (Å²) < 4.78 is 0. The van der Waals surface area contributed by atoms with Gasteiger partial charge in [0.1, 0.15) is 5.82 Å². The van der Waals surface area contributed by atoms with Crippen LogP contribution in [0.3, 0.4) is 0 Å². The normalized spacial score (nSPS) is 32.9. The first kappa shape index (κ1) is 20.8. The minimum Gasteiger partial charge on any atom is -0.383 e. The predicted molar refractivity (Wildman–Crippen MR) is 128 cm³/mol. The van der Waals surface area contributed by atoms with Gasteiger partial charge in [-0.05, 0) is 68.3 Å². The molecule has 5 fully saturated rings. The summed E-state index contributed by atoms with van der Waals surface area (Å²) in [7, 11) is 0. The van der Waals surface area contributed by atoms with E-state index in [4.69, 9.17) is 5.73 Å². The second-order valence-electron chi connectivity index (χ2n) is 11.2. The van der Waals surface area contributed by atoms with Gasteiger partial charge in [0.25, 0.3) is 0 Å². The Bertz CT molecular complexity index is 1120. The topological polar surface area (TPSA) is 95.3 Å². The van der Waals surface area contributed by atoms with Crippen molar-refractivity contribution in [3.63, 3.8) is 0 Å². The number of hydrogen-bond donors (Lipinski definition) is 2. The van der Waals surface area contributed by atoms with Gasteiger partial charge < -0.3 is 15.5 Å². The Morgan fingerprint density at radius 1 is 1.06 bits per heavy atom. The van der Waals surface area contributed by atoms with E-state index in [2.05, 4.69) is 51.0 Å². The minimum absolute atomic E-state index is 0.172. The van der Waals surface area contributed by atoms with E-state index >= 15 is 0 Å². The van der Waals surface area contributed by atoms with Gasteiger partial charge in [-0.3, -0.25) is 9.78 Å². The van der Waals surface area contributed by atoms with Crippen LogP contribution in [-0.4, -0.2) is 47.0 Å². The summed E-state index contributed by atoms with van der Waals surface area (Å²) in [4.78, 5) is 36.1. The summed E-state index contributed by atoms with van der Waals surface area (Å²) in [6, 6.07) is 9.11. The maximum Gasteiger partial charge on any atom is 0.346 e. The quantitative estimate of drug-likeness (QED) is 0.754. The molecule has 2 aromatic rings. The second-order valence-corrected chi connectivity index (χ2v) is 11.2. The number of aryl methyl sites for hydroxylation is 1. The lowest BCUT2D eigenvalue weighted by molar-refractivity contribution is -0.160. The first-order chi connectivity index (χ1) is 15.9. The van der Waals surface area contributed by atoms with E-state index in [1.807, 2.05) is 0 Å². The number of aromatic nitrogens is 2. The maximum atomic E-state index is 14.1. The molecule has 1 saturated heterocycles. The molecule has 1 aromatic carbocycles. The number of piperazine rings is 1. The second kappa shape index (κ2) is 7.34. The number of nitrogens with zero attached hydrogens (tertiary/aromatic N) is 3. The van der Waals surface area contributed by atoms with Gasteiger partial charge in [0.2, 0.25) is 5.91 Å². The average Bonchev–Trinajstić information content (AvgIpc) is 2.78. The first-order valence-corrected chi connectivity index (χ1v) is 12.3. The number of H-pyrrole nitrogens is 1. The van der Waals surface area contributed by atoms with Crippen molar-refractivity contribution in [2.24, 2.45) is 17.3 Å². The zero-order chi connectivity index (χ0) is 22.8. The van der Waals surface area contributed by atoms with Crippen LogP contribution in [0.5, 0.6) is 0 Å². The molecule has 7 nitrogen and oxygen atoms in total. The van der Waals surface area contributed by atoms with Crippen molar-refractivity contribution in [3.8, 4) is 0 Å². The van der Waals surface area contributed by atoms with Crippen LogP contribution in [0.25, 0.3) is 0 Å². The third kappa shape index (κ3) is 3.35. The highest BCUT2D eigenvalue weighted by Gasteiger charge is 2.61. The average molecular weight is 448 g/mol. The van der Waals surface area contributed by atoms with Crippen LogP contribution >= 0.6 is 0 Å². The Hall–Kier alpha value is -2.83. The molecule has 5 aliphatic rings. The zero-order valence-electron chi connectivity index (χ0n) is 19.3. The third-order valence-electron chi connectivity index (χ3n) is 8.91. The minimum atomic E-state index is -0.436. The number of aromatic amines is 1. The summed E-state index contributed by atoms with van der Waals surface area (Å²) in [5, 5.41) is 0. The van der Waals surface area contributed by atoms with E-state index in [1.165, 1.54) is 36.6 Å². The molecule has 0 spiro atoms. The molecule has 1 aromatic heterocycles. The highest BCUT2D eigenvalue weighted by molar-refractivity contribution is 5.84. The van der Waals surface area contributed by atoms with Crippen LogP contribution in [0.1, 0.15) is 49.7 Å². The lowest BCUT2D eigenvalue weighted by Gasteiger charge is -2.62. The fourth-order valence-corrected chi connectivity index (χ4v) is 7.90. The Balaban J connectivity index is 1.22. The van der Waals surface area contributed by atoms with E-state index in [0.717, 1.165) is 24.9 Å². The number of nitrogens with two attached hydrogens (primary N) is 1. The molecular formula is C26H33N5O2. The smallest absolute Gasteiger partial charge is 0.346 e. The predicted octanol–water partition coefficient (Wildman–Crippen LogP) is 2.85. The number of nitrogens with one attached hydrogen (secondary N) is 1. The largest absolute Gasteiger partial charge is 0.383 e. The van der Waals surface area contributed by atoms with Crippen molar-refractivity contribution in [1.29, 1.82) is 0 Å². The van der Waals surface area contributed by atoms with Crippen molar-refractivity contribution in [2.45, 2.75) is 50.9 Å². The molecule has 4 aliphatic carbocycles. The highest BCUT2D eigenvalue weighted by Crippen LogP contribution is 2.66. The van der Waals surface area contributed by atoms with Crippen LogP contribution in [0.4, 0.5) is 11.5 Å². The van der Waals surface area contributed by atoms with E-state index in [-0.39, 0.29) is 10.8 Å². The van der Waals surface area contributed by atoms with Gasteiger partial charge in [0.15, 0.2) is 0 Å².